The minimum Gasteiger partial charge on any atom is -0.350 e. The number of hydrogen-bond acceptors (Lipinski definition) is 4. The molecule has 8 heteroatoms. The summed E-state index contributed by atoms with van der Waals surface area (Å²) in [6.45, 7) is 12.1. The van der Waals surface area contributed by atoms with E-state index in [1.165, 1.54) is 10.6 Å². The van der Waals surface area contributed by atoms with Gasteiger partial charge in [-0.15, -0.1) is 0 Å². The van der Waals surface area contributed by atoms with Gasteiger partial charge in [0.05, 0.1) is 11.9 Å². The second kappa shape index (κ2) is 13.1. The number of amides is 2. The fraction of sp³-hybridized carbons (Fsp3) is 0.517. The molecular formula is C29H43N3O4S. The second-order valence-corrected chi connectivity index (χ2v) is 12.6. The molecule has 0 bridgehead atoms. The van der Waals surface area contributed by atoms with Crippen molar-refractivity contribution < 1.29 is 18.0 Å². The predicted molar refractivity (Wildman–Crippen MR) is 151 cm³/mol. The molecule has 0 aliphatic carbocycles. The van der Waals surface area contributed by atoms with E-state index in [2.05, 4.69) is 5.32 Å². The van der Waals surface area contributed by atoms with Crippen LogP contribution in [0.15, 0.2) is 48.5 Å². The first kappa shape index (κ1) is 30.4. The molecule has 0 aromatic heterocycles. The van der Waals surface area contributed by atoms with Crippen LogP contribution >= 0.6 is 0 Å². The number of benzene rings is 2. The molecule has 0 saturated heterocycles. The summed E-state index contributed by atoms with van der Waals surface area (Å²) in [7, 11) is -3.53. The minimum atomic E-state index is -3.53. The molecule has 7 nitrogen and oxygen atoms in total. The Morgan fingerprint density at radius 1 is 0.973 bits per heavy atom. The van der Waals surface area contributed by atoms with Gasteiger partial charge in [0, 0.05) is 25.0 Å². The van der Waals surface area contributed by atoms with Crippen molar-refractivity contribution in [3.63, 3.8) is 0 Å². The lowest BCUT2D eigenvalue weighted by Crippen LogP contribution is -2.54. The van der Waals surface area contributed by atoms with Gasteiger partial charge in [0.25, 0.3) is 0 Å². The zero-order chi connectivity index (χ0) is 27.8. The number of sulfonamides is 1. The molecule has 1 atom stereocenters. The molecule has 37 heavy (non-hydrogen) atoms. The van der Waals surface area contributed by atoms with Crippen molar-refractivity contribution in [2.24, 2.45) is 0 Å². The van der Waals surface area contributed by atoms with E-state index in [0.29, 0.717) is 31.5 Å². The first-order chi connectivity index (χ1) is 17.2. The van der Waals surface area contributed by atoms with Crippen LogP contribution in [-0.2, 0) is 26.0 Å². The number of aryl methyl sites for hydroxylation is 1. The van der Waals surface area contributed by atoms with E-state index in [1.807, 2.05) is 84.0 Å². The van der Waals surface area contributed by atoms with Crippen LogP contribution < -0.4 is 9.62 Å². The Kier molecular flexibility index (Phi) is 10.7. The highest BCUT2D eigenvalue weighted by Gasteiger charge is 2.30. The van der Waals surface area contributed by atoms with Crippen LogP contribution in [0.5, 0.6) is 0 Å². The minimum absolute atomic E-state index is 0.144. The Morgan fingerprint density at radius 2 is 1.62 bits per heavy atom. The van der Waals surface area contributed by atoms with E-state index < -0.39 is 21.6 Å². The molecule has 0 aliphatic rings. The third-order valence-electron chi connectivity index (χ3n) is 6.37. The maximum atomic E-state index is 13.5. The van der Waals surface area contributed by atoms with E-state index in [4.69, 9.17) is 0 Å². The van der Waals surface area contributed by atoms with Crippen LogP contribution in [0.1, 0.15) is 63.6 Å². The zero-order valence-corrected chi connectivity index (χ0v) is 24.2. The molecule has 0 heterocycles. The molecule has 1 N–H and O–H groups in total. The summed E-state index contributed by atoms with van der Waals surface area (Å²) < 4.78 is 26.6. The van der Waals surface area contributed by atoms with Crippen molar-refractivity contribution in [3.8, 4) is 0 Å². The van der Waals surface area contributed by atoms with Gasteiger partial charge in [-0.2, -0.15) is 0 Å². The summed E-state index contributed by atoms with van der Waals surface area (Å²) in [4.78, 5) is 28.3. The maximum Gasteiger partial charge on any atom is 0.243 e. The van der Waals surface area contributed by atoms with Crippen LogP contribution in [-0.4, -0.2) is 56.1 Å². The number of nitrogens with one attached hydrogen (secondary N) is 1. The van der Waals surface area contributed by atoms with E-state index in [0.717, 1.165) is 16.7 Å². The van der Waals surface area contributed by atoms with Gasteiger partial charge < -0.3 is 10.2 Å². The summed E-state index contributed by atoms with van der Waals surface area (Å²) >= 11 is 0. The first-order valence-corrected chi connectivity index (χ1v) is 14.8. The molecule has 0 saturated carbocycles. The predicted octanol–water partition coefficient (Wildman–Crippen LogP) is 4.61. The Labute approximate surface area is 223 Å². The zero-order valence-electron chi connectivity index (χ0n) is 23.4. The van der Waals surface area contributed by atoms with Crippen LogP contribution in [0.4, 0.5) is 5.69 Å². The van der Waals surface area contributed by atoms with Crippen LogP contribution in [0, 0.1) is 13.8 Å². The lowest BCUT2D eigenvalue weighted by Gasteiger charge is -2.33. The van der Waals surface area contributed by atoms with Crippen molar-refractivity contribution in [3.05, 3.63) is 65.2 Å². The third kappa shape index (κ3) is 9.18. The van der Waals surface area contributed by atoms with Crippen molar-refractivity contribution in [1.29, 1.82) is 0 Å². The molecule has 204 valence electrons. The quantitative estimate of drug-likeness (QED) is 0.435. The molecule has 0 unspecified atom stereocenters. The highest BCUT2D eigenvalue weighted by Crippen LogP contribution is 2.25. The van der Waals surface area contributed by atoms with Gasteiger partial charge in [-0.25, -0.2) is 8.42 Å². The number of carbonyl (C=O) groups is 2. The number of nitrogens with zero attached hydrogens (tertiary/aromatic N) is 2. The fourth-order valence-electron chi connectivity index (χ4n) is 4.34. The monoisotopic (exact) mass is 529 g/mol. The smallest absolute Gasteiger partial charge is 0.243 e. The lowest BCUT2D eigenvalue weighted by atomic mass is 10.0. The number of rotatable bonds is 12. The summed E-state index contributed by atoms with van der Waals surface area (Å²) in [6.07, 6.45) is 2.79. The van der Waals surface area contributed by atoms with Gasteiger partial charge in [0.15, 0.2) is 0 Å². The highest BCUT2D eigenvalue weighted by molar-refractivity contribution is 7.92. The van der Waals surface area contributed by atoms with Crippen molar-refractivity contribution in [2.75, 3.05) is 23.7 Å². The molecule has 0 spiro atoms. The van der Waals surface area contributed by atoms with E-state index in [9.17, 15) is 18.0 Å². The molecule has 2 aromatic rings. The van der Waals surface area contributed by atoms with Crippen molar-refractivity contribution in [2.45, 2.75) is 78.8 Å². The Bertz CT molecular complexity index is 1160. The largest absolute Gasteiger partial charge is 0.350 e. The van der Waals surface area contributed by atoms with Gasteiger partial charge in [0.2, 0.25) is 21.8 Å². The van der Waals surface area contributed by atoms with Gasteiger partial charge in [0.1, 0.15) is 6.04 Å². The van der Waals surface area contributed by atoms with Gasteiger partial charge in [-0.3, -0.25) is 13.9 Å². The van der Waals surface area contributed by atoms with Crippen molar-refractivity contribution >= 4 is 27.5 Å². The normalized spacial score (nSPS) is 12.6. The molecule has 0 fully saturated rings. The highest BCUT2D eigenvalue weighted by atomic mass is 32.2. The Balaban J connectivity index is 2.21. The van der Waals surface area contributed by atoms with E-state index in [-0.39, 0.29) is 24.8 Å². The van der Waals surface area contributed by atoms with Gasteiger partial charge in [-0.05, 0) is 76.6 Å². The Hall–Kier alpha value is -2.87. The lowest BCUT2D eigenvalue weighted by molar-refractivity contribution is -0.141. The maximum absolute atomic E-state index is 13.5. The fourth-order valence-corrected chi connectivity index (χ4v) is 5.35. The SMILES string of the molecule is CC[C@H](C(=O)NC(C)(C)C)N(CCc1ccccc1)C(=O)CCCN(c1cccc(C)c1C)S(C)(=O)=O. The summed E-state index contributed by atoms with van der Waals surface area (Å²) in [5, 5.41) is 3.01. The van der Waals surface area contributed by atoms with Crippen molar-refractivity contribution in [1.82, 2.24) is 10.2 Å². The van der Waals surface area contributed by atoms with Gasteiger partial charge >= 0.3 is 0 Å². The standard InChI is InChI=1S/C29H43N3O4S/c1-8-25(28(34)30-29(4,5)6)31(21-19-24-15-10-9-11-16-24)27(33)18-13-20-32(37(7,35)36)26-17-12-14-22(2)23(26)3/h9-12,14-17,25H,8,13,18-21H2,1-7H3,(H,30,34)/t25-/m1/s1. The molecule has 0 radical (unpaired) electrons. The second-order valence-electron chi connectivity index (χ2n) is 10.6. The molecular weight excluding hydrogens is 486 g/mol. The number of carbonyl (C=O) groups excluding carboxylic acids is 2. The summed E-state index contributed by atoms with van der Waals surface area (Å²) in [5.41, 5.74) is 3.20. The van der Waals surface area contributed by atoms with Crippen LogP contribution in [0.3, 0.4) is 0 Å². The first-order valence-electron chi connectivity index (χ1n) is 12.9. The average Bonchev–Trinajstić information content (AvgIpc) is 2.80. The van der Waals surface area contributed by atoms with Crippen LogP contribution in [0.25, 0.3) is 0 Å². The molecule has 2 rings (SSSR count). The number of anilines is 1. The van der Waals surface area contributed by atoms with E-state index >= 15 is 0 Å². The summed E-state index contributed by atoms with van der Waals surface area (Å²) in [5.74, 6) is -0.328. The molecule has 2 aromatic carbocycles. The van der Waals surface area contributed by atoms with E-state index in [1.54, 1.807) is 11.0 Å². The van der Waals surface area contributed by atoms with Gasteiger partial charge in [-0.1, -0.05) is 49.4 Å². The topological polar surface area (TPSA) is 86.8 Å². The summed E-state index contributed by atoms with van der Waals surface area (Å²) in [6, 6.07) is 14.9. The molecule has 2 amide bonds. The Morgan fingerprint density at radius 3 is 2.19 bits per heavy atom. The number of hydrogen-bond donors (Lipinski definition) is 1. The van der Waals surface area contributed by atoms with Crippen LogP contribution in [0.2, 0.25) is 0 Å². The molecule has 0 aliphatic heterocycles. The average molecular weight is 530 g/mol. The third-order valence-corrected chi connectivity index (χ3v) is 7.55.